The minimum atomic E-state index is 0.914. The summed E-state index contributed by atoms with van der Waals surface area (Å²) in [7, 11) is 0. The number of fused-ring (bicyclic) bond motifs is 9. The Morgan fingerprint density at radius 2 is 1.65 bits per heavy atom. The summed E-state index contributed by atoms with van der Waals surface area (Å²) in [5.74, 6) is 0. The van der Waals surface area contributed by atoms with Gasteiger partial charge in [-0.25, -0.2) is 0 Å². The molecule has 0 aliphatic heterocycles. The van der Waals surface area contributed by atoms with E-state index in [-0.39, 0.29) is 0 Å². The van der Waals surface area contributed by atoms with E-state index in [0.29, 0.717) is 0 Å². The van der Waals surface area contributed by atoms with Gasteiger partial charge in [-0.2, -0.15) is 22.4 Å². The Bertz CT molecular complexity index is 2260. The maximum absolute atomic E-state index is 6.58. The van der Waals surface area contributed by atoms with Gasteiger partial charge in [0.05, 0.1) is 16.3 Å². The second-order valence-electron chi connectivity index (χ2n) is 9.17. The molecule has 0 radical (unpaired) electrons. The summed E-state index contributed by atoms with van der Waals surface area (Å²) >= 11 is 0. The van der Waals surface area contributed by atoms with Crippen LogP contribution >= 0.6 is 0 Å². The lowest BCUT2D eigenvalue weighted by atomic mass is 10.0. The quantitative estimate of drug-likeness (QED) is 0.198. The molecule has 0 amide bonds. The fourth-order valence-corrected chi connectivity index (χ4v) is 5.95. The lowest BCUT2D eigenvalue weighted by Gasteiger charge is -2.04. The first-order valence-electron chi connectivity index (χ1n) is 11.6. The molecule has 8 aromatic rings. The lowest BCUT2D eigenvalue weighted by molar-refractivity contribution is -0.479. The van der Waals surface area contributed by atoms with Gasteiger partial charge < -0.3 is 8.82 Å². The molecule has 0 saturated carbocycles. The van der Waals surface area contributed by atoms with Gasteiger partial charge in [0.1, 0.15) is 17.9 Å². The van der Waals surface area contributed by atoms with E-state index in [1.807, 2.05) is 6.07 Å². The van der Waals surface area contributed by atoms with E-state index in [9.17, 15) is 0 Å². The summed E-state index contributed by atoms with van der Waals surface area (Å²) in [6, 6.07) is 32.1. The maximum atomic E-state index is 6.58. The molecule has 0 aliphatic rings. The highest BCUT2D eigenvalue weighted by Crippen LogP contribution is 2.39. The van der Waals surface area contributed by atoms with Crippen molar-refractivity contribution in [2.75, 3.05) is 0 Å². The van der Waals surface area contributed by atoms with Crippen LogP contribution in [0.25, 0.3) is 60.2 Å². The van der Waals surface area contributed by atoms with Crippen LogP contribution in [0.4, 0.5) is 0 Å². The second-order valence-corrected chi connectivity index (χ2v) is 9.17. The zero-order valence-corrected chi connectivity index (χ0v) is 18.7. The Balaban J connectivity index is 1.80. The summed E-state index contributed by atoms with van der Waals surface area (Å²) in [5.41, 5.74) is 7.74. The molecular weight excluding hydrogens is 416 g/mol. The number of rotatable bonds is 0. The van der Waals surface area contributed by atoms with Gasteiger partial charge in [-0.3, -0.25) is 0 Å². The molecule has 0 fully saturated rings. The molecule has 0 saturated heterocycles. The summed E-state index contributed by atoms with van der Waals surface area (Å²) in [4.78, 5) is 0. The molecule has 4 aromatic heterocycles. The molecule has 34 heavy (non-hydrogen) atoms. The first kappa shape index (κ1) is 18.0. The zero-order chi connectivity index (χ0) is 22.6. The Hall–Kier alpha value is -4.50. The molecule has 0 bridgehead atoms. The van der Waals surface area contributed by atoms with Crippen molar-refractivity contribution in [3.05, 3.63) is 114 Å². The minimum Gasteiger partial charge on any atom is -0.464 e. The van der Waals surface area contributed by atoms with Crippen LogP contribution in [0.5, 0.6) is 0 Å². The number of para-hydroxylation sites is 3. The van der Waals surface area contributed by atoms with E-state index in [4.69, 9.17) is 4.42 Å². The van der Waals surface area contributed by atoms with Crippen molar-refractivity contribution < 1.29 is 13.1 Å². The van der Waals surface area contributed by atoms with Gasteiger partial charge in [-0.05, 0) is 30.7 Å². The van der Waals surface area contributed by atoms with Gasteiger partial charge in [-0.15, -0.1) is 22.9 Å². The Morgan fingerprint density at radius 3 is 2.59 bits per heavy atom. The molecule has 4 aromatic carbocycles. The first-order valence-corrected chi connectivity index (χ1v) is 11.6. The fraction of sp³-hybridized carbons (Fsp3) is 0.0323. The van der Waals surface area contributed by atoms with Crippen LogP contribution in [-0.2, 0) is 0 Å². The topological polar surface area (TPSA) is 23.1 Å². The van der Waals surface area contributed by atoms with Gasteiger partial charge in [0, 0.05) is 28.3 Å². The average Bonchev–Trinajstić information content (AvgIpc) is 3.50. The predicted octanol–water partition coefficient (Wildman–Crippen LogP) is 6.46. The Kier molecular flexibility index (Phi) is 3.22. The van der Waals surface area contributed by atoms with Crippen molar-refractivity contribution in [1.29, 1.82) is 0 Å². The largest absolute Gasteiger partial charge is 0.464 e. The number of nitrogens with zero attached hydrogens (tertiary/aromatic N) is 2. The highest BCUT2D eigenvalue weighted by molar-refractivity contribution is 6.20. The van der Waals surface area contributed by atoms with Crippen molar-refractivity contribution in [3.8, 4) is 0 Å². The third-order valence-corrected chi connectivity index (χ3v) is 7.37. The highest BCUT2D eigenvalue weighted by atomic mass is 16.3. The fourth-order valence-electron chi connectivity index (χ4n) is 5.95. The number of hydrogen-bond donors (Lipinski definition) is 0. The van der Waals surface area contributed by atoms with Gasteiger partial charge in [0.25, 0.3) is 0 Å². The van der Waals surface area contributed by atoms with Crippen molar-refractivity contribution in [2.45, 2.75) is 6.92 Å². The molecule has 0 aliphatic carbocycles. The normalized spacial score (nSPS) is 13.4. The number of pyridine rings is 1. The summed E-state index contributed by atoms with van der Waals surface area (Å²) in [6.07, 6.45) is 0. The summed E-state index contributed by atoms with van der Waals surface area (Å²) in [5, 5.41) is 8.26. The average molecular weight is 437 g/mol. The number of aryl methyl sites for hydroxylation is 1. The minimum absolute atomic E-state index is 0.914. The van der Waals surface area contributed by atoms with Gasteiger partial charge in [0.15, 0.2) is 5.52 Å². The monoisotopic (exact) mass is 436 g/mol. The molecule has 0 N–H and O–H groups in total. The Morgan fingerprint density at radius 1 is 0.853 bits per heavy atom. The molecule has 0 unspecified atom stereocenters. The van der Waals surface area contributed by atoms with Crippen molar-refractivity contribution in [3.63, 3.8) is 0 Å². The number of benzene rings is 4. The SMILES string of the molecule is C=[n+]1c(=c2c(C)cc3c4cccc[c-]4[n+]4c3c2c2oc3ccccc3[c-]24)ccc2ccccc21. The maximum Gasteiger partial charge on any atom is 0.217 e. The molecule has 0 spiro atoms. The van der Waals surface area contributed by atoms with Crippen LogP contribution in [0, 0.1) is 24.2 Å². The third-order valence-electron chi connectivity index (χ3n) is 7.37. The molecule has 4 heterocycles. The van der Waals surface area contributed by atoms with E-state index in [0.717, 1.165) is 38.3 Å². The van der Waals surface area contributed by atoms with Gasteiger partial charge >= 0.3 is 0 Å². The van der Waals surface area contributed by atoms with Crippen LogP contribution in [0.2, 0.25) is 0 Å². The number of aromatic nitrogens is 2. The molecule has 3 heteroatoms. The first-order chi connectivity index (χ1) is 16.7. The highest BCUT2D eigenvalue weighted by Gasteiger charge is 2.23. The molecule has 8 rings (SSSR count). The third kappa shape index (κ3) is 2.03. The van der Waals surface area contributed by atoms with Gasteiger partial charge in [-0.1, -0.05) is 30.3 Å². The lowest BCUT2D eigenvalue weighted by Crippen LogP contribution is -2.18. The number of hydrogen-bond acceptors (Lipinski definition) is 1. The molecular formula is C31H20N2O. The predicted molar refractivity (Wildman–Crippen MR) is 136 cm³/mol. The van der Waals surface area contributed by atoms with Crippen molar-refractivity contribution in [2.24, 2.45) is 0 Å². The smallest absolute Gasteiger partial charge is 0.217 e. The molecule has 3 nitrogen and oxygen atoms in total. The summed E-state index contributed by atoms with van der Waals surface area (Å²) < 4.78 is 11.0. The van der Waals surface area contributed by atoms with Crippen molar-refractivity contribution in [1.82, 2.24) is 0 Å². The van der Waals surface area contributed by atoms with Gasteiger partial charge in [0.2, 0.25) is 10.9 Å². The van der Waals surface area contributed by atoms with Crippen LogP contribution < -0.4 is 8.64 Å². The van der Waals surface area contributed by atoms with Crippen LogP contribution in [0.15, 0.2) is 95.4 Å². The molecule has 160 valence electrons. The Labute approximate surface area is 194 Å². The van der Waals surface area contributed by atoms with E-state index >= 15 is 0 Å². The van der Waals surface area contributed by atoms with E-state index in [1.165, 1.54) is 38.0 Å². The van der Waals surface area contributed by atoms with Crippen molar-refractivity contribution >= 4 is 60.2 Å². The standard InChI is InChI=1S/C31H20N2O/c1-18-17-22-20-10-4-7-13-24(20)33-29(22)28(31-30(33)21-11-5-8-14-26(21)34-31)27(18)25-16-15-19-9-3-6-12-23(19)32(25)2/h3-17H,2H2,1H3. The second kappa shape index (κ2) is 6.09. The number of furan rings is 1. The van der Waals surface area contributed by atoms with E-state index in [1.54, 1.807) is 0 Å². The van der Waals surface area contributed by atoms with E-state index < -0.39 is 0 Å². The van der Waals surface area contributed by atoms with Crippen LogP contribution in [0.3, 0.4) is 0 Å². The van der Waals surface area contributed by atoms with E-state index in [2.05, 4.69) is 107 Å². The van der Waals surface area contributed by atoms with Crippen LogP contribution in [-0.4, -0.2) is 0 Å². The molecule has 0 atom stereocenters. The summed E-state index contributed by atoms with van der Waals surface area (Å²) in [6.45, 7) is 6.66. The zero-order valence-electron chi connectivity index (χ0n) is 18.7. The van der Waals surface area contributed by atoms with Crippen LogP contribution in [0.1, 0.15) is 5.56 Å².